The molecule has 82 valence electrons. The summed E-state index contributed by atoms with van der Waals surface area (Å²) in [6.45, 7) is 0. The zero-order valence-corrected chi connectivity index (χ0v) is 8.42. The molecule has 0 heterocycles. The van der Waals surface area contributed by atoms with Crippen LogP contribution < -0.4 is 4.74 Å². The molecule has 5 nitrogen and oxygen atoms in total. The van der Waals surface area contributed by atoms with E-state index in [4.69, 9.17) is 10.3 Å². The molecule has 0 bridgehead atoms. The van der Waals surface area contributed by atoms with Gasteiger partial charge in [0.05, 0.1) is 7.11 Å². The fourth-order valence-electron chi connectivity index (χ4n) is 1.06. The first-order valence-corrected chi connectivity index (χ1v) is 4.28. The molecule has 16 heavy (non-hydrogen) atoms. The lowest BCUT2D eigenvalue weighted by molar-refractivity contribution is -0.113. The maximum atomic E-state index is 12.8. The summed E-state index contributed by atoms with van der Waals surface area (Å²) in [5.41, 5.74) is 8.52. The number of benzene rings is 1. The van der Waals surface area contributed by atoms with Crippen LogP contribution in [0.25, 0.3) is 16.5 Å². The highest BCUT2D eigenvalue weighted by molar-refractivity contribution is 5.92. The Morgan fingerprint density at radius 2 is 2.38 bits per heavy atom. The average Bonchev–Trinajstić information content (AvgIpc) is 2.27. The normalized spacial score (nSPS) is 9.88. The van der Waals surface area contributed by atoms with Crippen molar-refractivity contribution in [2.45, 2.75) is 0 Å². The van der Waals surface area contributed by atoms with Gasteiger partial charge in [0.25, 0.3) is 0 Å². The van der Waals surface area contributed by atoms with Crippen LogP contribution in [-0.4, -0.2) is 13.0 Å². The molecule has 1 amide bonds. The molecular weight excluding hydrogens is 213 g/mol. The lowest BCUT2D eigenvalue weighted by Crippen LogP contribution is -1.89. The highest BCUT2D eigenvalue weighted by atomic mass is 19.1. The standard InChI is InChI=1S/C10H8FN3O2/c1-16-9-6-8(11)4-2-7(9)3-5-10(15)13-14-12/h2-6H,1H3. The zero-order valence-electron chi connectivity index (χ0n) is 8.42. The van der Waals surface area contributed by atoms with Crippen molar-refractivity contribution in [1.82, 2.24) is 0 Å². The molecule has 1 aromatic carbocycles. The van der Waals surface area contributed by atoms with Gasteiger partial charge in [0, 0.05) is 16.5 Å². The Hall–Kier alpha value is -2.33. The number of carbonyl (C=O) groups excluding carboxylic acids is 1. The van der Waals surface area contributed by atoms with Crippen LogP contribution in [0.4, 0.5) is 4.39 Å². The van der Waals surface area contributed by atoms with Gasteiger partial charge in [0.1, 0.15) is 11.6 Å². The van der Waals surface area contributed by atoms with E-state index in [1.54, 1.807) is 0 Å². The van der Waals surface area contributed by atoms with E-state index < -0.39 is 11.7 Å². The van der Waals surface area contributed by atoms with Crippen molar-refractivity contribution in [2.24, 2.45) is 5.11 Å². The second-order valence-corrected chi connectivity index (χ2v) is 2.75. The van der Waals surface area contributed by atoms with Gasteiger partial charge in [-0.05, 0) is 34.9 Å². The van der Waals surface area contributed by atoms with Gasteiger partial charge in [0.15, 0.2) is 0 Å². The van der Waals surface area contributed by atoms with Crippen LogP contribution in [0.2, 0.25) is 0 Å². The van der Waals surface area contributed by atoms with Crippen LogP contribution in [-0.2, 0) is 4.79 Å². The summed E-state index contributed by atoms with van der Waals surface area (Å²) >= 11 is 0. The minimum Gasteiger partial charge on any atom is -0.496 e. The first-order chi connectivity index (χ1) is 7.67. The van der Waals surface area contributed by atoms with Gasteiger partial charge < -0.3 is 4.74 Å². The fourth-order valence-corrected chi connectivity index (χ4v) is 1.06. The van der Waals surface area contributed by atoms with Gasteiger partial charge in [-0.3, -0.25) is 4.79 Å². The Bertz CT molecular complexity index is 479. The molecule has 0 spiro atoms. The lowest BCUT2D eigenvalue weighted by Gasteiger charge is -2.03. The number of rotatable bonds is 3. The van der Waals surface area contributed by atoms with Crippen molar-refractivity contribution < 1.29 is 13.9 Å². The van der Waals surface area contributed by atoms with Gasteiger partial charge in [-0.1, -0.05) is 0 Å². The van der Waals surface area contributed by atoms with Crippen LogP contribution in [0.1, 0.15) is 5.56 Å². The van der Waals surface area contributed by atoms with Gasteiger partial charge in [-0.25, -0.2) is 4.39 Å². The molecule has 0 atom stereocenters. The van der Waals surface area contributed by atoms with E-state index >= 15 is 0 Å². The number of methoxy groups -OCH3 is 1. The molecule has 1 aromatic rings. The molecule has 0 N–H and O–H groups in total. The molecule has 0 aliphatic rings. The summed E-state index contributed by atoms with van der Waals surface area (Å²) in [7, 11) is 1.39. The van der Waals surface area contributed by atoms with Crippen molar-refractivity contribution in [3.63, 3.8) is 0 Å². The van der Waals surface area contributed by atoms with Gasteiger partial charge in [-0.15, -0.1) is 0 Å². The topological polar surface area (TPSA) is 75.1 Å². The van der Waals surface area contributed by atoms with E-state index in [0.29, 0.717) is 11.3 Å². The molecule has 0 aromatic heterocycles. The molecule has 0 radical (unpaired) electrons. The van der Waals surface area contributed by atoms with Crippen molar-refractivity contribution in [1.29, 1.82) is 0 Å². The maximum absolute atomic E-state index is 12.8. The van der Waals surface area contributed by atoms with Crippen LogP contribution in [0, 0.1) is 5.82 Å². The quantitative estimate of drug-likeness (QED) is 0.340. The molecule has 0 aliphatic heterocycles. The fraction of sp³-hybridized carbons (Fsp3) is 0.100. The number of amides is 1. The van der Waals surface area contributed by atoms with E-state index in [1.807, 2.05) is 0 Å². The van der Waals surface area contributed by atoms with E-state index in [0.717, 1.165) is 6.08 Å². The average molecular weight is 221 g/mol. The van der Waals surface area contributed by atoms with Gasteiger partial charge in [0.2, 0.25) is 5.91 Å². The third kappa shape index (κ3) is 3.11. The monoisotopic (exact) mass is 221 g/mol. The molecule has 0 fully saturated rings. The van der Waals surface area contributed by atoms with Crippen molar-refractivity contribution in [2.75, 3.05) is 7.11 Å². The number of ether oxygens (including phenoxy) is 1. The number of halogens is 1. The largest absolute Gasteiger partial charge is 0.496 e. The van der Waals surface area contributed by atoms with Crippen LogP contribution >= 0.6 is 0 Å². The molecular formula is C10H8FN3O2. The first kappa shape index (κ1) is 11.7. The Kier molecular flexibility index (Phi) is 4.06. The summed E-state index contributed by atoms with van der Waals surface area (Å²) in [5.74, 6) is -0.866. The van der Waals surface area contributed by atoms with Gasteiger partial charge >= 0.3 is 0 Å². The highest BCUT2D eigenvalue weighted by Gasteiger charge is 2.01. The third-order valence-electron chi connectivity index (χ3n) is 1.74. The summed E-state index contributed by atoms with van der Waals surface area (Å²) in [5, 5.41) is 2.85. The predicted molar refractivity (Wildman–Crippen MR) is 56.1 cm³/mol. The smallest absolute Gasteiger partial charge is 0.242 e. The van der Waals surface area contributed by atoms with E-state index in [-0.39, 0.29) is 0 Å². The van der Waals surface area contributed by atoms with Crippen LogP contribution in [0.5, 0.6) is 5.75 Å². The highest BCUT2D eigenvalue weighted by Crippen LogP contribution is 2.20. The second kappa shape index (κ2) is 5.53. The van der Waals surface area contributed by atoms with Crippen LogP contribution in [0.15, 0.2) is 29.4 Å². The van der Waals surface area contributed by atoms with Crippen molar-refractivity contribution in [3.05, 3.63) is 46.1 Å². The number of carbonyl (C=O) groups is 1. The molecule has 6 heteroatoms. The van der Waals surface area contributed by atoms with E-state index in [2.05, 4.69) is 10.0 Å². The molecule has 0 saturated heterocycles. The number of nitrogens with zero attached hydrogens (tertiary/aromatic N) is 3. The minimum atomic E-state index is -0.728. The third-order valence-corrected chi connectivity index (χ3v) is 1.74. The van der Waals surface area contributed by atoms with Crippen LogP contribution in [0.3, 0.4) is 0 Å². The number of hydrogen-bond acceptors (Lipinski definition) is 2. The Morgan fingerprint density at radius 3 is 3.00 bits per heavy atom. The van der Waals surface area contributed by atoms with E-state index in [1.165, 1.54) is 31.4 Å². The zero-order chi connectivity index (χ0) is 12.0. The van der Waals surface area contributed by atoms with Gasteiger partial charge in [-0.2, -0.15) is 0 Å². The summed E-state index contributed by atoms with van der Waals surface area (Å²) in [6.07, 6.45) is 2.46. The summed E-state index contributed by atoms with van der Waals surface area (Å²) in [6, 6.07) is 3.88. The summed E-state index contributed by atoms with van der Waals surface area (Å²) < 4.78 is 17.7. The Balaban J connectivity index is 2.96. The Labute approximate surface area is 90.8 Å². The molecule has 0 saturated carbocycles. The molecule has 0 unspecified atom stereocenters. The number of hydrogen-bond donors (Lipinski definition) is 0. The minimum absolute atomic E-state index is 0.296. The van der Waals surface area contributed by atoms with E-state index in [9.17, 15) is 9.18 Å². The Morgan fingerprint density at radius 1 is 1.62 bits per heavy atom. The second-order valence-electron chi connectivity index (χ2n) is 2.75. The SMILES string of the molecule is COc1cc(F)ccc1C=CC(=O)N=[N+]=[N-]. The van der Waals surface area contributed by atoms with Crippen molar-refractivity contribution >= 4 is 12.0 Å². The predicted octanol–water partition coefficient (Wildman–Crippen LogP) is 2.68. The maximum Gasteiger partial charge on any atom is 0.242 e. The lowest BCUT2D eigenvalue weighted by atomic mass is 10.2. The molecule has 0 aliphatic carbocycles. The van der Waals surface area contributed by atoms with Crippen molar-refractivity contribution in [3.8, 4) is 5.75 Å². The molecule has 1 rings (SSSR count). The summed E-state index contributed by atoms with van der Waals surface area (Å²) in [4.78, 5) is 13.2. The first-order valence-electron chi connectivity index (χ1n) is 4.28. The number of azide groups is 1.